The molecule has 3 aromatic heterocycles. The molecule has 0 fully saturated rings. The molecule has 4 aromatic carbocycles. The Morgan fingerprint density at radius 3 is 1.97 bits per heavy atom. The fourth-order valence-corrected chi connectivity index (χ4v) is 4.43. The molecule has 1 radical (unpaired) electrons. The molecule has 0 spiro atoms. The van der Waals surface area contributed by atoms with E-state index in [2.05, 4.69) is 22.1 Å². The van der Waals surface area contributed by atoms with Crippen molar-refractivity contribution in [3.05, 3.63) is 146 Å². The SMILES string of the molecule is Fc1ccc2c(oc3c(-c4ccccn4)[c-]ccc32)c1-c1ccccc1.[Ir].[c-]1ccccc1-c1ccccn1. The summed E-state index contributed by atoms with van der Waals surface area (Å²) >= 11 is 0. The van der Waals surface area contributed by atoms with E-state index < -0.39 is 0 Å². The van der Waals surface area contributed by atoms with Gasteiger partial charge in [0, 0.05) is 37.9 Å². The first-order chi connectivity index (χ1) is 18.8. The second-order valence-electron chi connectivity index (χ2n) is 8.57. The molecule has 0 aliphatic heterocycles. The molecular formula is C34H21FIrN2O-2. The summed E-state index contributed by atoms with van der Waals surface area (Å²) in [5, 5.41) is 1.81. The fourth-order valence-electron chi connectivity index (χ4n) is 4.43. The van der Waals surface area contributed by atoms with Gasteiger partial charge in [-0.05, 0) is 41.2 Å². The van der Waals surface area contributed by atoms with E-state index in [1.165, 1.54) is 6.07 Å². The minimum absolute atomic E-state index is 0. The van der Waals surface area contributed by atoms with Crippen molar-refractivity contribution >= 4 is 21.9 Å². The fraction of sp³-hybridized carbons (Fsp3) is 0. The largest absolute Gasteiger partial charge is 0.500 e. The molecule has 3 nitrogen and oxygen atoms in total. The first-order valence-corrected chi connectivity index (χ1v) is 12.2. The van der Waals surface area contributed by atoms with Crippen LogP contribution in [0.2, 0.25) is 0 Å². The van der Waals surface area contributed by atoms with Crippen LogP contribution in [0.5, 0.6) is 0 Å². The van der Waals surface area contributed by atoms with Crippen molar-refractivity contribution in [2.24, 2.45) is 0 Å². The topological polar surface area (TPSA) is 38.9 Å². The zero-order chi connectivity index (χ0) is 25.7. The second-order valence-corrected chi connectivity index (χ2v) is 8.57. The number of nitrogens with zero attached hydrogens (tertiary/aromatic N) is 2. The summed E-state index contributed by atoms with van der Waals surface area (Å²) in [5.74, 6) is -0.300. The number of rotatable bonds is 3. The molecule has 191 valence electrons. The summed E-state index contributed by atoms with van der Waals surface area (Å²) in [5.41, 5.74) is 6.05. The van der Waals surface area contributed by atoms with Crippen LogP contribution in [0.1, 0.15) is 0 Å². The maximum absolute atomic E-state index is 14.7. The predicted octanol–water partition coefficient (Wildman–Crippen LogP) is 8.80. The van der Waals surface area contributed by atoms with Crippen molar-refractivity contribution in [3.63, 3.8) is 0 Å². The minimum atomic E-state index is -0.300. The number of pyridine rings is 2. The number of fused-ring (bicyclic) bond motifs is 3. The molecule has 0 bridgehead atoms. The molecule has 7 rings (SSSR count). The minimum Gasteiger partial charge on any atom is -0.500 e. The Balaban J connectivity index is 0.000000200. The smallest absolute Gasteiger partial charge is 0.134 e. The molecule has 0 aliphatic rings. The molecule has 5 heteroatoms. The van der Waals surface area contributed by atoms with Gasteiger partial charge in [0.15, 0.2) is 0 Å². The summed E-state index contributed by atoms with van der Waals surface area (Å²) in [6, 6.07) is 42.3. The van der Waals surface area contributed by atoms with E-state index in [1.54, 1.807) is 18.5 Å². The first kappa shape index (κ1) is 26.2. The third-order valence-corrected chi connectivity index (χ3v) is 6.18. The average molecular weight is 685 g/mol. The van der Waals surface area contributed by atoms with Crippen molar-refractivity contribution in [2.75, 3.05) is 0 Å². The van der Waals surface area contributed by atoms with E-state index >= 15 is 0 Å². The number of hydrogen-bond donors (Lipinski definition) is 0. The van der Waals surface area contributed by atoms with Crippen LogP contribution in [0.15, 0.2) is 132 Å². The molecule has 7 aromatic rings. The number of aromatic nitrogens is 2. The zero-order valence-electron chi connectivity index (χ0n) is 20.6. The summed E-state index contributed by atoms with van der Waals surface area (Å²) in [4.78, 5) is 8.62. The van der Waals surface area contributed by atoms with Crippen LogP contribution in [0, 0.1) is 17.9 Å². The second kappa shape index (κ2) is 12.0. The van der Waals surface area contributed by atoms with Gasteiger partial charge in [-0.15, -0.1) is 54.1 Å². The van der Waals surface area contributed by atoms with E-state index in [1.807, 2.05) is 103 Å². The van der Waals surface area contributed by atoms with E-state index in [9.17, 15) is 4.39 Å². The predicted molar refractivity (Wildman–Crippen MR) is 150 cm³/mol. The number of furan rings is 1. The average Bonchev–Trinajstić information content (AvgIpc) is 3.38. The van der Waals surface area contributed by atoms with E-state index in [0.717, 1.165) is 38.9 Å². The van der Waals surface area contributed by atoms with Gasteiger partial charge in [-0.25, -0.2) is 4.39 Å². The van der Waals surface area contributed by atoms with E-state index in [0.29, 0.717) is 16.7 Å². The van der Waals surface area contributed by atoms with Gasteiger partial charge in [0.2, 0.25) is 0 Å². The molecule has 3 heterocycles. The molecule has 0 atom stereocenters. The van der Waals surface area contributed by atoms with Crippen LogP contribution < -0.4 is 0 Å². The van der Waals surface area contributed by atoms with Crippen LogP contribution in [0.25, 0.3) is 55.6 Å². The summed E-state index contributed by atoms with van der Waals surface area (Å²) in [7, 11) is 0. The Kier molecular flexibility index (Phi) is 8.02. The molecule has 0 unspecified atom stereocenters. The standard InChI is InChI=1S/C23H13FNO.C11H8N.Ir/c24-19-13-12-17-16-9-6-10-18(20-11-4-5-14-25-20)22(16)26-23(17)21(19)15-7-2-1-3-8-15;1-2-6-10(7-3-1)11-8-4-5-9-12-11;/h1-9,11-14H;1-6,8-9H;/q2*-1;. The van der Waals surface area contributed by atoms with Crippen molar-refractivity contribution < 1.29 is 28.9 Å². The molecule has 0 amide bonds. The molecular weight excluding hydrogens is 664 g/mol. The quantitative estimate of drug-likeness (QED) is 0.175. The first-order valence-electron chi connectivity index (χ1n) is 12.2. The molecule has 0 saturated carbocycles. The van der Waals surface area contributed by atoms with Gasteiger partial charge in [0.1, 0.15) is 11.4 Å². The molecule has 39 heavy (non-hydrogen) atoms. The Labute approximate surface area is 239 Å². The maximum Gasteiger partial charge on any atom is 0.134 e. The van der Waals surface area contributed by atoms with Gasteiger partial charge in [-0.2, -0.15) is 0 Å². The van der Waals surface area contributed by atoms with Gasteiger partial charge >= 0.3 is 0 Å². The van der Waals surface area contributed by atoms with Crippen LogP contribution >= 0.6 is 0 Å². The number of halogens is 1. The number of hydrogen-bond acceptors (Lipinski definition) is 3. The number of benzene rings is 4. The van der Waals surface area contributed by atoms with Crippen molar-refractivity contribution in [1.29, 1.82) is 0 Å². The third-order valence-electron chi connectivity index (χ3n) is 6.18. The molecule has 0 aliphatic carbocycles. The summed E-state index contributed by atoms with van der Waals surface area (Å²) in [6.45, 7) is 0. The monoisotopic (exact) mass is 685 g/mol. The molecule has 0 saturated heterocycles. The van der Waals surface area contributed by atoms with Gasteiger partial charge in [-0.1, -0.05) is 65.5 Å². The van der Waals surface area contributed by atoms with Crippen LogP contribution in [-0.2, 0) is 20.1 Å². The summed E-state index contributed by atoms with van der Waals surface area (Å²) in [6.07, 6.45) is 3.52. The maximum atomic E-state index is 14.7. The Morgan fingerprint density at radius 2 is 1.28 bits per heavy atom. The van der Waals surface area contributed by atoms with Gasteiger partial charge in [0.05, 0.1) is 11.1 Å². The van der Waals surface area contributed by atoms with Crippen molar-refractivity contribution in [3.8, 4) is 33.6 Å². The Morgan fingerprint density at radius 1 is 0.590 bits per heavy atom. The normalized spacial score (nSPS) is 10.5. The van der Waals surface area contributed by atoms with Crippen LogP contribution in [0.3, 0.4) is 0 Å². The van der Waals surface area contributed by atoms with Crippen molar-refractivity contribution in [1.82, 2.24) is 9.97 Å². The van der Waals surface area contributed by atoms with Crippen molar-refractivity contribution in [2.45, 2.75) is 0 Å². The van der Waals surface area contributed by atoms with E-state index in [-0.39, 0.29) is 25.9 Å². The molecule has 0 N–H and O–H groups in total. The Bertz CT molecular complexity index is 1770. The van der Waals surface area contributed by atoms with Gasteiger partial charge in [-0.3, -0.25) is 0 Å². The summed E-state index contributed by atoms with van der Waals surface area (Å²) < 4.78 is 20.9. The van der Waals surface area contributed by atoms with Gasteiger partial charge < -0.3 is 14.4 Å². The van der Waals surface area contributed by atoms with Crippen LogP contribution in [0.4, 0.5) is 4.39 Å². The zero-order valence-corrected chi connectivity index (χ0v) is 23.0. The third kappa shape index (κ3) is 5.42. The Hall–Kier alpha value is -4.44. The van der Waals surface area contributed by atoms with Crippen LogP contribution in [-0.4, -0.2) is 9.97 Å². The van der Waals surface area contributed by atoms with E-state index in [4.69, 9.17) is 4.42 Å². The van der Waals surface area contributed by atoms with Gasteiger partial charge in [0.25, 0.3) is 0 Å².